The van der Waals surface area contributed by atoms with E-state index in [1.54, 1.807) is 10.9 Å². The second kappa shape index (κ2) is 6.15. The van der Waals surface area contributed by atoms with E-state index in [2.05, 4.69) is 33.0 Å². The Morgan fingerprint density at radius 1 is 1.23 bits per heavy atom. The summed E-state index contributed by atoms with van der Waals surface area (Å²) in [7, 11) is 1.85. The summed E-state index contributed by atoms with van der Waals surface area (Å²) in [5, 5.41) is 15.6. The molecule has 4 aromatic rings. The number of aryl methyl sites for hydroxylation is 2. The van der Waals surface area contributed by atoms with E-state index in [9.17, 15) is 5.11 Å². The van der Waals surface area contributed by atoms with Gasteiger partial charge in [0.15, 0.2) is 11.7 Å². The largest absolute Gasteiger partial charge is 0.494 e. The van der Waals surface area contributed by atoms with Crippen LogP contribution in [0.25, 0.3) is 22.0 Å². The van der Waals surface area contributed by atoms with Crippen LogP contribution in [0.1, 0.15) is 18.1 Å². The van der Waals surface area contributed by atoms with Crippen molar-refractivity contribution in [1.82, 2.24) is 19.7 Å². The van der Waals surface area contributed by atoms with E-state index in [1.165, 1.54) is 0 Å². The average molecular weight is 345 g/mol. The van der Waals surface area contributed by atoms with Crippen molar-refractivity contribution >= 4 is 22.4 Å². The van der Waals surface area contributed by atoms with Gasteiger partial charge in [-0.2, -0.15) is 5.10 Å². The summed E-state index contributed by atoms with van der Waals surface area (Å²) < 4.78 is 1.70. The fourth-order valence-corrected chi connectivity index (χ4v) is 3.17. The number of hydrogen-bond donors (Lipinski definition) is 2. The normalized spacial score (nSPS) is 12.0. The predicted octanol–water partition coefficient (Wildman–Crippen LogP) is 4.12. The van der Waals surface area contributed by atoms with E-state index in [1.807, 2.05) is 50.6 Å². The molecule has 0 spiro atoms. The van der Waals surface area contributed by atoms with Crippen molar-refractivity contribution in [1.29, 1.82) is 0 Å². The van der Waals surface area contributed by atoms with Crippen molar-refractivity contribution in [3.63, 3.8) is 0 Å². The number of hydrogen-bond acceptors (Lipinski definition) is 4. The number of pyridine rings is 1. The SMILES string of the molecule is CC(=Nc1ccn(C)n1)c1c(O)[nH]c2ccc(-c3cnccc3C)cc12. The van der Waals surface area contributed by atoms with Crippen LogP contribution in [-0.2, 0) is 7.05 Å². The first kappa shape index (κ1) is 16.1. The first-order valence-corrected chi connectivity index (χ1v) is 8.34. The molecule has 0 unspecified atom stereocenters. The lowest BCUT2D eigenvalue weighted by atomic mass is 9.99. The first-order valence-electron chi connectivity index (χ1n) is 8.34. The minimum absolute atomic E-state index is 0.109. The zero-order chi connectivity index (χ0) is 18.3. The van der Waals surface area contributed by atoms with Gasteiger partial charge in [-0.05, 0) is 43.2 Å². The number of aromatic nitrogens is 4. The number of nitrogens with zero attached hydrogens (tertiary/aromatic N) is 4. The van der Waals surface area contributed by atoms with Crippen LogP contribution in [-0.4, -0.2) is 30.6 Å². The molecule has 3 aromatic heterocycles. The second-order valence-electron chi connectivity index (χ2n) is 6.34. The first-order chi connectivity index (χ1) is 12.5. The highest BCUT2D eigenvalue weighted by atomic mass is 16.3. The van der Waals surface area contributed by atoms with Gasteiger partial charge in [-0.1, -0.05) is 6.07 Å². The van der Waals surface area contributed by atoms with Crippen molar-refractivity contribution in [3.05, 3.63) is 60.0 Å². The molecule has 0 aliphatic rings. The molecule has 6 heteroatoms. The summed E-state index contributed by atoms with van der Waals surface area (Å²) in [4.78, 5) is 11.8. The summed E-state index contributed by atoms with van der Waals surface area (Å²) in [5.41, 5.74) is 5.52. The lowest BCUT2D eigenvalue weighted by Gasteiger charge is -2.06. The number of nitrogens with one attached hydrogen (secondary N) is 1. The van der Waals surface area contributed by atoms with Gasteiger partial charge in [0, 0.05) is 48.2 Å². The average Bonchev–Trinajstić information content (AvgIpc) is 3.16. The van der Waals surface area contributed by atoms with Gasteiger partial charge in [-0.25, -0.2) is 4.99 Å². The van der Waals surface area contributed by atoms with Crippen molar-refractivity contribution in [2.45, 2.75) is 13.8 Å². The summed E-state index contributed by atoms with van der Waals surface area (Å²) in [5.74, 6) is 0.718. The van der Waals surface area contributed by atoms with Crippen LogP contribution in [0.3, 0.4) is 0 Å². The molecule has 0 fully saturated rings. The van der Waals surface area contributed by atoms with Crippen LogP contribution in [0.15, 0.2) is 53.9 Å². The number of H-pyrrole nitrogens is 1. The van der Waals surface area contributed by atoms with Crippen molar-refractivity contribution in [3.8, 4) is 17.0 Å². The molecule has 1 aromatic carbocycles. The molecule has 26 heavy (non-hydrogen) atoms. The van der Waals surface area contributed by atoms with Crippen LogP contribution in [0, 0.1) is 6.92 Å². The van der Waals surface area contributed by atoms with E-state index in [-0.39, 0.29) is 5.88 Å². The maximum absolute atomic E-state index is 10.4. The number of rotatable bonds is 3. The third-order valence-electron chi connectivity index (χ3n) is 4.47. The molecular formula is C20H19N5O. The molecule has 4 rings (SSSR count). The zero-order valence-corrected chi connectivity index (χ0v) is 14.9. The van der Waals surface area contributed by atoms with Crippen LogP contribution in [0.4, 0.5) is 5.82 Å². The zero-order valence-electron chi connectivity index (χ0n) is 14.9. The number of benzene rings is 1. The fraction of sp³-hybridized carbons (Fsp3) is 0.150. The van der Waals surface area contributed by atoms with Gasteiger partial charge < -0.3 is 10.1 Å². The molecular weight excluding hydrogens is 326 g/mol. The Morgan fingerprint density at radius 2 is 2.08 bits per heavy atom. The molecule has 6 nitrogen and oxygen atoms in total. The Bertz CT molecular complexity index is 1140. The minimum Gasteiger partial charge on any atom is -0.494 e. The van der Waals surface area contributed by atoms with E-state index in [0.717, 1.165) is 27.6 Å². The van der Waals surface area contributed by atoms with Crippen LogP contribution in [0.5, 0.6) is 5.88 Å². The molecule has 0 aliphatic heterocycles. The molecule has 3 heterocycles. The van der Waals surface area contributed by atoms with Crippen molar-refractivity contribution < 1.29 is 5.11 Å². The van der Waals surface area contributed by atoms with Crippen LogP contribution >= 0.6 is 0 Å². The van der Waals surface area contributed by atoms with E-state index in [0.29, 0.717) is 17.1 Å². The number of fused-ring (bicyclic) bond motifs is 1. The molecule has 2 N–H and O–H groups in total. The quantitative estimate of drug-likeness (QED) is 0.548. The van der Waals surface area contributed by atoms with Gasteiger partial charge in [-0.3, -0.25) is 9.67 Å². The Labute approximate surface area is 150 Å². The van der Waals surface area contributed by atoms with Gasteiger partial charge in [0.1, 0.15) is 0 Å². The third kappa shape index (κ3) is 2.75. The third-order valence-corrected chi connectivity index (χ3v) is 4.47. The van der Waals surface area contributed by atoms with Crippen molar-refractivity contribution in [2.24, 2.45) is 12.0 Å². The summed E-state index contributed by atoms with van der Waals surface area (Å²) in [6.07, 6.45) is 5.48. The maximum Gasteiger partial charge on any atom is 0.198 e. The van der Waals surface area contributed by atoms with Gasteiger partial charge in [0.05, 0.1) is 11.3 Å². The van der Waals surface area contributed by atoms with Gasteiger partial charge >= 0.3 is 0 Å². The predicted molar refractivity (Wildman–Crippen MR) is 103 cm³/mol. The lowest BCUT2D eigenvalue weighted by Crippen LogP contribution is -1.94. The highest BCUT2D eigenvalue weighted by molar-refractivity contribution is 6.13. The molecule has 0 atom stereocenters. The van der Waals surface area contributed by atoms with Crippen molar-refractivity contribution in [2.75, 3.05) is 0 Å². The Kier molecular flexibility index (Phi) is 3.80. The topological polar surface area (TPSA) is 79.1 Å². The molecule has 0 amide bonds. The summed E-state index contributed by atoms with van der Waals surface area (Å²) >= 11 is 0. The van der Waals surface area contributed by atoms with Gasteiger partial charge in [0.25, 0.3) is 0 Å². The Hall–Kier alpha value is -3.41. The molecule has 0 radical (unpaired) electrons. The highest BCUT2D eigenvalue weighted by Gasteiger charge is 2.15. The Balaban J connectivity index is 1.87. The lowest BCUT2D eigenvalue weighted by molar-refractivity contribution is 0.457. The Morgan fingerprint density at radius 3 is 2.81 bits per heavy atom. The molecule has 0 aliphatic carbocycles. The highest BCUT2D eigenvalue weighted by Crippen LogP contribution is 2.33. The van der Waals surface area contributed by atoms with Gasteiger partial charge in [-0.15, -0.1) is 0 Å². The fourth-order valence-electron chi connectivity index (χ4n) is 3.17. The minimum atomic E-state index is 0.109. The molecule has 130 valence electrons. The van der Waals surface area contributed by atoms with Crippen LogP contribution in [0.2, 0.25) is 0 Å². The van der Waals surface area contributed by atoms with Gasteiger partial charge in [0.2, 0.25) is 0 Å². The van der Waals surface area contributed by atoms with E-state index >= 15 is 0 Å². The summed E-state index contributed by atoms with van der Waals surface area (Å²) in [6, 6.07) is 9.87. The number of aromatic hydroxyl groups is 1. The number of aromatic amines is 1. The second-order valence-corrected chi connectivity index (χ2v) is 6.34. The molecule has 0 saturated heterocycles. The number of aliphatic imine (C=N–C) groups is 1. The maximum atomic E-state index is 10.4. The monoisotopic (exact) mass is 345 g/mol. The summed E-state index contributed by atoms with van der Waals surface area (Å²) in [6.45, 7) is 3.93. The standard InChI is InChI=1S/C20H19N5O/c1-12-6-8-21-11-16(12)14-4-5-17-15(10-14)19(20(26)23-17)13(2)22-18-7-9-25(3)24-18/h4-11,23,26H,1-3H3. The smallest absolute Gasteiger partial charge is 0.198 e. The molecule has 0 saturated carbocycles. The molecule has 0 bridgehead atoms. The van der Waals surface area contributed by atoms with E-state index in [4.69, 9.17) is 0 Å². The van der Waals surface area contributed by atoms with Crippen LogP contribution < -0.4 is 0 Å². The van der Waals surface area contributed by atoms with E-state index < -0.39 is 0 Å².